The molecular formula is C17H10Cl10N2S2. The fourth-order valence-electron chi connectivity index (χ4n) is 2.83. The molecule has 2 N–H and O–H groups in total. The Morgan fingerprint density at radius 1 is 0.452 bits per heavy atom. The normalized spacial score (nSPS) is 18.8. The molecule has 31 heavy (non-hydrogen) atoms. The Labute approximate surface area is 238 Å². The second-order valence-corrected chi connectivity index (χ2v) is 11.9. The monoisotopic (exact) mass is 656 g/mol. The summed E-state index contributed by atoms with van der Waals surface area (Å²) in [6.07, 6.45) is 2.66. The lowest BCUT2D eigenvalue weighted by Crippen LogP contribution is -2.24. The van der Waals surface area contributed by atoms with Crippen molar-refractivity contribution >= 4 is 140 Å². The first-order chi connectivity index (χ1) is 14.5. The minimum atomic E-state index is 0.129. The number of hydrogen-bond acceptors (Lipinski definition) is 4. The highest BCUT2D eigenvalue weighted by Gasteiger charge is 2.28. The molecule has 2 aromatic carbocycles. The van der Waals surface area contributed by atoms with Gasteiger partial charge in [-0.05, 0) is 43.2 Å². The van der Waals surface area contributed by atoms with E-state index in [9.17, 15) is 0 Å². The van der Waals surface area contributed by atoms with Crippen molar-refractivity contribution in [2.45, 2.75) is 41.1 Å². The van der Waals surface area contributed by atoms with E-state index in [-0.39, 0.29) is 62.3 Å². The topological polar surface area (TPSA) is 24.1 Å². The Morgan fingerprint density at radius 3 is 1.00 bits per heavy atom. The van der Waals surface area contributed by atoms with Crippen molar-refractivity contribution in [3.63, 3.8) is 0 Å². The molecule has 0 saturated heterocycles. The van der Waals surface area contributed by atoms with E-state index in [0.717, 1.165) is 19.3 Å². The van der Waals surface area contributed by atoms with Crippen LogP contribution in [-0.4, -0.2) is 12.1 Å². The molecule has 0 aromatic heterocycles. The van der Waals surface area contributed by atoms with Crippen molar-refractivity contribution in [2.75, 3.05) is 0 Å². The fraction of sp³-hybridized carbons (Fsp3) is 0.294. The summed E-state index contributed by atoms with van der Waals surface area (Å²) in [5.74, 6) is 0. The van der Waals surface area contributed by atoms with E-state index in [1.807, 2.05) is 0 Å². The van der Waals surface area contributed by atoms with Gasteiger partial charge in [-0.2, -0.15) is 0 Å². The quantitative estimate of drug-likeness (QED) is 0.183. The molecule has 0 spiro atoms. The number of halogens is 10. The summed E-state index contributed by atoms with van der Waals surface area (Å²) in [6.45, 7) is 0. The Morgan fingerprint density at radius 2 is 0.710 bits per heavy atom. The highest BCUT2D eigenvalue weighted by molar-refractivity contribution is 7.98. The molecule has 2 nitrogen and oxygen atoms in total. The van der Waals surface area contributed by atoms with E-state index < -0.39 is 0 Å². The summed E-state index contributed by atoms with van der Waals surface area (Å²) in [6, 6.07) is 0.374. The maximum atomic E-state index is 6.28. The third-order valence-electron chi connectivity index (χ3n) is 4.43. The number of benzene rings is 2. The number of rotatable bonds is 6. The molecule has 0 aliphatic heterocycles. The van der Waals surface area contributed by atoms with Crippen LogP contribution in [0.1, 0.15) is 19.3 Å². The predicted molar refractivity (Wildman–Crippen MR) is 142 cm³/mol. The lowest BCUT2D eigenvalue weighted by molar-refractivity contribution is 0.614. The average molecular weight is 661 g/mol. The molecule has 2 unspecified atom stereocenters. The smallest absolute Gasteiger partial charge is 0.0809 e. The Bertz CT molecular complexity index is 882. The van der Waals surface area contributed by atoms with E-state index in [0.29, 0.717) is 9.79 Å². The standard InChI is InChI=1S/C17H10Cl10N2S2/c18-6-8(20)12(24)16(13(25)9(6)21)30-28-4-1-2-5(3-4)29-31-17-14(26)10(22)7(19)11(23)15(17)27/h4-5,28-29H,1-3H2. The summed E-state index contributed by atoms with van der Waals surface area (Å²) in [4.78, 5) is 1.05. The molecule has 3 rings (SSSR count). The van der Waals surface area contributed by atoms with Gasteiger partial charge in [0, 0.05) is 12.1 Å². The van der Waals surface area contributed by atoms with Gasteiger partial charge in [0.15, 0.2) is 0 Å². The van der Waals surface area contributed by atoms with Crippen molar-refractivity contribution in [1.82, 2.24) is 9.44 Å². The molecule has 2 atom stereocenters. The minimum Gasteiger partial charge on any atom is -0.257 e. The van der Waals surface area contributed by atoms with Gasteiger partial charge in [0.05, 0.1) is 60.0 Å². The average Bonchev–Trinajstić information content (AvgIpc) is 3.21. The van der Waals surface area contributed by atoms with Crippen LogP contribution in [0.2, 0.25) is 50.2 Å². The first-order valence-electron chi connectivity index (χ1n) is 8.42. The summed E-state index contributed by atoms with van der Waals surface area (Å²) in [5.41, 5.74) is 0. The van der Waals surface area contributed by atoms with E-state index in [4.69, 9.17) is 116 Å². The maximum absolute atomic E-state index is 6.28. The largest absolute Gasteiger partial charge is 0.257 e. The lowest BCUT2D eigenvalue weighted by atomic mass is 10.2. The Kier molecular flexibility index (Phi) is 10.5. The molecule has 1 saturated carbocycles. The van der Waals surface area contributed by atoms with Gasteiger partial charge < -0.3 is 0 Å². The second-order valence-electron chi connectivity index (χ2n) is 6.44. The highest BCUT2D eigenvalue weighted by atomic mass is 35.5. The van der Waals surface area contributed by atoms with Gasteiger partial charge in [-0.1, -0.05) is 116 Å². The summed E-state index contributed by atoms with van der Waals surface area (Å²) in [5, 5.41) is 1.93. The first kappa shape index (κ1) is 27.5. The predicted octanol–water partition coefficient (Wildman–Crippen LogP) is 11.0. The van der Waals surface area contributed by atoms with Crippen molar-refractivity contribution in [2.24, 2.45) is 0 Å². The molecule has 1 aliphatic carbocycles. The summed E-state index contributed by atoms with van der Waals surface area (Å²) < 4.78 is 6.71. The highest BCUT2D eigenvalue weighted by Crippen LogP contribution is 2.49. The van der Waals surface area contributed by atoms with Gasteiger partial charge in [0.2, 0.25) is 0 Å². The van der Waals surface area contributed by atoms with Gasteiger partial charge in [-0.15, -0.1) is 0 Å². The number of hydrogen-bond donors (Lipinski definition) is 2. The van der Waals surface area contributed by atoms with Gasteiger partial charge in [0.1, 0.15) is 0 Å². The van der Waals surface area contributed by atoms with E-state index in [1.165, 1.54) is 23.9 Å². The number of nitrogens with one attached hydrogen (secondary N) is 2. The van der Waals surface area contributed by atoms with Crippen LogP contribution in [0, 0.1) is 0 Å². The fourth-order valence-corrected chi connectivity index (χ4v) is 7.56. The zero-order valence-corrected chi connectivity index (χ0v) is 24.1. The molecular weight excluding hydrogens is 651 g/mol. The van der Waals surface area contributed by atoms with Gasteiger partial charge in [-0.3, -0.25) is 9.44 Å². The van der Waals surface area contributed by atoms with E-state index >= 15 is 0 Å². The van der Waals surface area contributed by atoms with Crippen LogP contribution in [0.5, 0.6) is 0 Å². The van der Waals surface area contributed by atoms with Crippen LogP contribution in [-0.2, 0) is 0 Å². The van der Waals surface area contributed by atoms with Crippen LogP contribution in [0.3, 0.4) is 0 Å². The zero-order chi connectivity index (χ0) is 23.0. The first-order valence-corrected chi connectivity index (χ1v) is 13.8. The lowest BCUT2D eigenvalue weighted by Gasteiger charge is -2.17. The zero-order valence-electron chi connectivity index (χ0n) is 14.9. The minimum absolute atomic E-state index is 0.129. The molecule has 170 valence electrons. The summed E-state index contributed by atoms with van der Waals surface area (Å²) in [7, 11) is 0. The van der Waals surface area contributed by atoms with E-state index in [2.05, 4.69) is 9.44 Å². The SMILES string of the molecule is Clc1c(Cl)c(Cl)c(SNC2CCC(NSc3c(Cl)c(Cl)c(Cl)c(Cl)c3Cl)C2)c(Cl)c1Cl. The Balaban J connectivity index is 1.61. The van der Waals surface area contributed by atoms with Gasteiger partial charge in [-0.25, -0.2) is 0 Å². The van der Waals surface area contributed by atoms with Crippen LogP contribution < -0.4 is 9.44 Å². The van der Waals surface area contributed by atoms with Crippen LogP contribution in [0.15, 0.2) is 9.79 Å². The maximum Gasteiger partial charge on any atom is 0.0809 e. The molecule has 2 aromatic rings. The molecule has 1 fully saturated rings. The molecule has 1 aliphatic rings. The van der Waals surface area contributed by atoms with Gasteiger partial charge in [0.25, 0.3) is 0 Å². The molecule has 0 radical (unpaired) electrons. The van der Waals surface area contributed by atoms with Crippen LogP contribution in [0.25, 0.3) is 0 Å². The van der Waals surface area contributed by atoms with Crippen LogP contribution >= 0.6 is 140 Å². The Hall–Kier alpha value is 1.96. The van der Waals surface area contributed by atoms with E-state index in [1.54, 1.807) is 0 Å². The van der Waals surface area contributed by atoms with Crippen molar-refractivity contribution in [3.05, 3.63) is 50.2 Å². The molecule has 0 heterocycles. The molecule has 14 heteroatoms. The van der Waals surface area contributed by atoms with Crippen LogP contribution in [0.4, 0.5) is 0 Å². The van der Waals surface area contributed by atoms with Crippen molar-refractivity contribution < 1.29 is 0 Å². The van der Waals surface area contributed by atoms with Gasteiger partial charge >= 0.3 is 0 Å². The second kappa shape index (κ2) is 11.8. The third-order valence-corrected chi connectivity index (χ3v) is 11.6. The van der Waals surface area contributed by atoms with Crippen molar-refractivity contribution in [3.8, 4) is 0 Å². The summed E-state index contributed by atoms with van der Waals surface area (Å²) >= 11 is 64.2. The molecule has 0 bridgehead atoms. The third kappa shape index (κ3) is 6.03. The molecule has 0 amide bonds. The van der Waals surface area contributed by atoms with Crippen molar-refractivity contribution in [1.29, 1.82) is 0 Å².